The Labute approximate surface area is 142 Å². The summed E-state index contributed by atoms with van der Waals surface area (Å²) in [6, 6.07) is 10.4. The monoisotopic (exact) mass is 331 g/mol. The molecule has 2 aliphatic heterocycles. The average molecular weight is 331 g/mol. The molecule has 24 heavy (non-hydrogen) atoms. The van der Waals surface area contributed by atoms with Crippen LogP contribution in [0.5, 0.6) is 0 Å². The number of aliphatic hydroxyl groups is 1. The molecule has 1 saturated heterocycles. The van der Waals surface area contributed by atoms with Crippen molar-refractivity contribution in [3.63, 3.8) is 0 Å². The molecule has 3 rings (SSSR count). The fourth-order valence-corrected chi connectivity index (χ4v) is 3.61. The molecule has 2 heterocycles. The summed E-state index contributed by atoms with van der Waals surface area (Å²) in [6.07, 6.45) is 1.85. The molecular formula is C19H25NO4. The van der Waals surface area contributed by atoms with Crippen LogP contribution in [0.25, 0.3) is 0 Å². The minimum Gasteiger partial charge on any atom is -0.510 e. The fourth-order valence-electron chi connectivity index (χ4n) is 3.61. The van der Waals surface area contributed by atoms with E-state index in [2.05, 4.69) is 17.0 Å². The van der Waals surface area contributed by atoms with Crippen LogP contribution < -0.4 is 0 Å². The van der Waals surface area contributed by atoms with E-state index >= 15 is 0 Å². The predicted octanol–water partition coefficient (Wildman–Crippen LogP) is 2.67. The van der Waals surface area contributed by atoms with Crippen molar-refractivity contribution >= 4 is 5.97 Å². The first-order valence-corrected chi connectivity index (χ1v) is 8.64. The van der Waals surface area contributed by atoms with E-state index in [0.717, 1.165) is 24.9 Å². The van der Waals surface area contributed by atoms with E-state index in [0.29, 0.717) is 31.9 Å². The van der Waals surface area contributed by atoms with Crippen molar-refractivity contribution in [2.24, 2.45) is 5.92 Å². The zero-order valence-corrected chi connectivity index (χ0v) is 14.1. The van der Waals surface area contributed by atoms with Gasteiger partial charge in [-0.15, -0.1) is 0 Å². The number of fused-ring (bicyclic) bond motifs is 2. The minimum atomic E-state index is -0.363. The first kappa shape index (κ1) is 17.0. The summed E-state index contributed by atoms with van der Waals surface area (Å²) in [4.78, 5) is 14.3. The SMILES string of the molecule is CCOC(=O)C1=C(O)CN2CC1CCC2COCc1ccccc1. The number of carbonyl (C=O) groups is 1. The Morgan fingerprint density at radius 3 is 2.83 bits per heavy atom. The van der Waals surface area contributed by atoms with Crippen LogP contribution in [0.2, 0.25) is 0 Å². The van der Waals surface area contributed by atoms with Crippen molar-refractivity contribution in [2.45, 2.75) is 32.4 Å². The average Bonchev–Trinajstić information content (AvgIpc) is 2.58. The van der Waals surface area contributed by atoms with E-state index in [1.165, 1.54) is 0 Å². The highest BCUT2D eigenvalue weighted by atomic mass is 16.5. The van der Waals surface area contributed by atoms with Gasteiger partial charge >= 0.3 is 5.97 Å². The molecule has 5 nitrogen and oxygen atoms in total. The number of piperidine rings is 1. The van der Waals surface area contributed by atoms with Gasteiger partial charge in [0.05, 0.1) is 31.9 Å². The Morgan fingerprint density at radius 2 is 2.08 bits per heavy atom. The molecule has 1 fully saturated rings. The maximum absolute atomic E-state index is 12.0. The van der Waals surface area contributed by atoms with Crippen molar-refractivity contribution in [1.82, 2.24) is 4.90 Å². The molecule has 0 radical (unpaired) electrons. The number of esters is 1. The lowest BCUT2D eigenvalue weighted by Gasteiger charge is -2.43. The Balaban J connectivity index is 1.56. The van der Waals surface area contributed by atoms with Crippen molar-refractivity contribution in [3.05, 3.63) is 47.2 Å². The first-order chi connectivity index (χ1) is 11.7. The van der Waals surface area contributed by atoms with Crippen LogP contribution in [0, 0.1) is 5.92 Å². The second-order valence-electron chi connectivity index (χ2n) is 6.44. The summed E-state index contributed by atoms with van der Waals surface area (Å²) in [7, 11) is 0. The largest absolute Gasteiger partial charge is 0.510 e. The van der Waals surface area contributed by atoms with E-state index in [4.69, 9.17) is 9.47 Å². The van der Waals surface area contributed by atoms with Gasteiger partial charge in [-0.1, -0.05) is 30.3 Å². The molecule has 3 unspecified atom stereocenters. The number of hydrogen-bond donors (Lipinski definition) is 1. The first-order valence-electron chi connectivity index (χ1n) is 8.64. The quantitative estimate of drug-likeness (QED) is 0.812. The third kappa shape index (κ3) is 3.79. The van der Waals surface area contributed by atoms with Crippen molar-refractivity contribution < 1.29 is 19.4 Å². The van der Waals surface area contributed by atoms with Gasteiger partial charge in [0.2, 0.25) is 0 Å². The van der Waals surface area contributed by atoms with Crippen LogP contribution in [0.1, 0.15) is 25.3 Å². The van der Waals surface area contributed by atoms with E-state index < -0.39 is 0 Å². The molecule has 5 heteroatoms. The highest BCUT2D eigenvalue weighted by molar-refractivity contribution is 5.90. The summed E-state index contributed by atoms with van der Waals surface area (Å²) in [5.41, 5.74) is 1.65. The number of benzene rings is 1. The number of nitrogens with zero attached hydrogens (tertiary/aromatic N) is 1. The van der Waals surface area contributed by atoms with Crippen molar-refractivity contribution in [3.8, 4) is 0 Å². The van der Waals surface area contributed by atoms with Crippen molar-refractivity contribution in [2.75, 3.05) is 26.3 Å². The molecule has 0 spiro atoms. The topological polar surface area (TPSA) is 59.0 Å². The van der Waals surface area contributed by atoms with E-state index in [-0.39, 0.29) is 23.7 Å². The van der Waals surface area contributed by atoms with E-state index in [1.807, 2.05) is 18.2 Å². The number of ether oxygens (including phenoxy) is 2. The molecular weight excluding hydrogens is 306 g/mol. The smallest absolute Gasteiger partial charge is 0.337 e. The Morgan fingerprint density at radius 1 is 1.29 bits per heavy atom. The molecule has 130 valence electrons. The molecule has 2 bridgehead atoms. The normalized spacial score (nSPS) is 26.3. The van der Waals surface area contributed by atoms with Crippen LogP contribution in [-0.4, -0.2) is 48.3 Å². The fraction of sp³-hybridized carbons (Fsp3) is 0.526. The van der Waals surface area contributed by atoms with Gasteiger partial charge in [-0.25, -0.2) is 4.79 Å². The Kier molecular flexibility index (Phi) is 5.53. The third-order valence-electron chi connectivity index (χ3n) is 4.81. The molecule has 1 aromatic rings. The van der Waals surface area contributed by atoms with Crippen LogP contribution in [0.3, 0.4) is 0 Å². The molecule has 0 aromatic heterocycles. The maximum Gasteiger partial charge on any atom is 0.337 e. The molecule has 1 N–H and O–H groups in total. The van der Waals surface area contributed by atoms with Gasteiger partial charge in [0, 0.05) is 18.5 Å². The molecule has 2 aliphatic rings. The number of aliphatic hydroxyl groups excluding tert-OH is 1. The van der Waals surface area contributed by atoms with Gasteiger partial charge in [0.1, 0.15) is 5.76 Å². The zero-order valence-electron chi connectivity index (χ0n) is 14.1. The van der Waals surface area contributed by atoms with E-state index in [9.17, 15) is 9.90 Å². The summed E-state index contributed by atoms with van der Waals surface area (Å²) >= 11 is 0. The van der Waals surface area contributed by atoms with Crippen LogP contribution in [0.15, 0.2) is 41.7 Å². The molecule has 0 saturated carbocycles. The number of hydrogen-bond acceptors (Lipinski definition) is 5. The lowest BCUT2D eigenvalue weighted by molar-refractivity contribution is -0.140. The summed E-state index contributed by atoms with van der Waals surface area (Å²) in [6.45, 7) is 4.56. The lowest BCUT2D eigenvalue weighted by atomic mass is 9.83. The van der Waals surface area contributed by atoms with Gasteiger partial charge in [-0.2, -0.15) is 0 Å². The second kappa shape index (κ2) is 7.81. The standard InChI is InChI=1S/C19H25NO4/c1-2-24-19(22)18-15-8-9-16(20(10-15)11-17(18)21)13-23-12-14-6-4-3-5-7-14/h3-7,15-16,21H,2,8-13H2,1H3. The van der Waals surface area contributed by atoms with Crippen LogP contribution in [-0.2, 0) is 20.9 Å². The highest BCUT2D eigenvalue weighted by Crippen LogP contribution is 2.34. The molecule has 1 aromatic carbocycles. The summed E-state index contributed by atoms with van der Waals surface area (Å²) < 4.78 is 11.0. The highest BCUT2D eigenvalue weighted by Gasteiger charge is 2.39. The predicted molar refractivity (Wildman–Crippen MR) is 90.5 cm³/mol. The van der Waals surface area contributed by atoms with Gasteiger partial charge in [0.15, 0.2) is 0 Å². The molecule has 3 atom stereocenters. The number of carbonyl (C=O) groups excluding carboxylic acids is 1. The summed E-state index contributed by atoms with van der Waals surface area (Å²) in [5.74, 6) is -0.126. The third-order valence-corrected chi connectivity index (χ3v) is 4.81. The van der Waals surface area contributed by atoms with E-state index in [1.54, 1.807) is 6.92 Å². The van der Waals surface area contributed by atoms with Gasteiger partial charge in [-0.05, 0) is 25.3 Å². The number of rotatable bonds is 6. The lowest BCUT2D eigenvalue weighted by Crippen LogP contribution is -2.51. The van der Waals surface area contributed by atoms with Gasteiger partial charge in [-0.3, -0.25) is 4.90 Å². The zero-order chi connectivity index (χ0) is 16.9. The van der Waals surface area contributed by atoms with Gasteiger partial charge in [0.25, 0.3) is 0 Å². The second-order valence-corrected chi connectivity index (χ2v) is 6.44. The van der Waals surface area contributed by atoms with Crippen LogP contribution in [0.4, 0.5) is 0 Å². The Bertz CT molecular complexity index is 599. The van der Waals surface area contributed by atoms with Gasteiger partial charge < -0.3 is 14.6 Å². The Hall–Kier alpha value is -1.85. The maximum atomic E-state index is 12.0. The minimum absolute atomic E-state index is 0.0724. The summed E-state index contributed by atoms with van der Waals surface area (Å²) in [5, 5.41) is 10.3. The van der Waals surface area contributed by atoms with Crippen LogP contribution >= 0.6 is 0 Å². The van der Waals surface area contributed by atoms with Crippen molar-refractivity contribution in [1.29, 1.82) is 0 Å². The molecule has 0 amide bonds. The molecule has 0 aliphatic carbocycles.